The Morgan fingerprint density at radius 2 is 1.76 bits per heavy atom. The van der Waals surface area contributed by atoms with Crippen molar-refractivity contribution in [2.45, 2.75) is 39.2 Å². The first-order valence-electron chi connectivity index (χ1n) is 11.5. The first-order chi connectivity index (χ1) is 16.4. The van der Waals surface area contributed by atoms with E-state index in [9.17, 15) is 9.59 Å². The minimum absolute atomic E-state index is 0.258. The second-order valence-corrected chi connectivity index (χ2v) is 9.38. The standard InChI is InChI=1S/C26H28ClN3O4/c1-17-5-11-20(12-6-17)25-24(21-3-2-4-22(27)13-21)28-26(33)30(29-25)14-18-7-9-19(10-8-18)15-34-16-23(31)32/h2-6,11-13,18-19H,7-10,14-16H2,1H3,(H,31,32)/t18-,19+. The maximum Gasteiger partial charge on any atom is 0.364 e. The molecule has 1 N–H and O–H groups in total. The zero-order valence-electron chi connectivity index (χ0n) is 19.1. The number of aryl methyl sites for hydroxylation is 1. The number of nitrogens with zero attached hydrogens (tertiary/aromatic N) is 3. The number of carboxylic acids is 1. The molecule has 0 atom stereocenters. The molecule has 0 amide bonds. The van der Waals surface area contributed by atoms with Gasteiger partial charge in [0.05, 0.1) is 6.61 Å². The average Bonchev–Trinajstić information content (AvgIpc) is 2.81. The van der Waals surface area contributed by atoms with Gasteiger partial charge >= 0.3 is 11.7 Å². The summed E-state index contributed by atoms with van der Waals surface area (Å²) < 4.78 is 6.74. The van der Waals surface area contributed by atoms with Crippen LogP contribution in [0.15, 0.2) is 53.3 Å². The second kappa shape index (κ2) is 10.9. The van der Waals surface area contributed by atoms with Crippen molar-refractivity contribution < 1.29 is 14.6 Å². The first kappa shape index (κ1) is 24.1. The Labute approximate surface area is 203 Å². The minimum Gasteiger partial charge on any atom is -0.480 e. The SMILES string of the molecule is Cc1ccc(-c2nn(C[C@H]3CC[C@@H](COCC(=O)O)CC3)c(=O)nc2-c2cccc(Cl)c2)cc1. The maximum atomic E-state index is 13.0. The summed E-state index contributed by atoms with van der Waals surface area (Å²) in [5.41, 5.74) is 3.57. The molecule has 0 bridgehead atoms. The summed E-state index contributed by atoms with van der Waals surface area (Å²) in [4.78, 5) is 28.0. The molecule has 3 aromatic rings. The van der Waals surface area contributed by atoms with Crippen molar-refractivity contribution in [3.8, 4) is 22.5 Å². The van der Waals surface area contributed by atoms with E-state index in [1.165, 1.54) is 4.68 Å². The number of halogens is 1. The molecule has 0 unspecified atom stereocenters. The number of ether oxygens (including phenoxy) is 1. The molecular weight excluding hydrogens is 454 g/mol. The van der Waals surface area contributed by atoms with Gasteiger partial charge in [-0.1, -0.05) is 53.6 Å². The molecule has 1 aromatic heterocycles. The van der Waals surface area contributed by atoms with Gasteiger partial charge in [-0.2, -0.15) is 10.1 Å². The molecule has 1 saturated carbocycles. The number of aromatic nitrogens is 3. The average molecular weight is 482 g/mol. The number of aliphatic carboxylic acids is 1. The van der Waals surface area contributed by atoms with Gasteiger partial charge in [-0.25, -0.2) is 14.3 Å². The van der Waals surface area contributed by atoms with Crippen molar-refractivity contribution in [3.05, 3.63) is 69.6 Å². The highest BCUT2D eigenvalue weighted by molar-refractivity contribution is 6.30. The van der Waals surface area contributed by atoms with Gasteiger partial charge < -0.3 is 9.84 Å². The van der Waals surface area contributed by atoms with E-state index < -0.39 is 5.97 Å². The van der Waals surface area contributed by atoms with E-state index in [1.807, 2.05) is 43.3 Å². The Morgan fingerprint density at radius 3 is 2.44 bits per heavy atom. The van der Waals surface area contributed by atoms with Crippen LogP contribution in [0.2, 0.25) is 5.02 Å². The smallest absolute Gasteiger partial charge is 0.364 e. The highest BCUT2D eigenvalue weighted by Crippen LogP contribution is 2.31. The summed E-state index contributed by atoms with van der Waals surface area (Å²) in [6.45, 7) is 2.73. The summed E-state index contributed by atoms with van der Waals surface area (Å²) in [5, 5.41) is 14.1. The third-order valence-electron chi connectivity index (χ3n) is 6.27. The molecule has 8 heteroatoms. The molecule has 34 heavy (non-hydrogen) atoms. The van der Waals surface area contributed by atoms with Gasteiger partial charge in [-0.3, -0.25) is 0 Å². The fourth-order valence-corrected chi connectivity index (χ4v) is 4.61. The number of benzene rings is 2. The van der Waals surface area contributed by atoms with Crippen LogP contribution in [-0.2, 0) is 16.1 Å². The molecule has 1 aliphatic carbocycles. The van der Waals surface area contributed by atoms with Crippen LogP contribution in [0.4, 0.5) is 0 Å². The lowest BCUT2D eigenvalue weighted by Crippen LogP contribution is -2.31. The summed E-state index contributed by atoms with van der Waals surface area (Å²) >= 11 is 6.20. The number of carbonyl (C=O) groups is 1. The second-order valence-electron chi connectivity index (χ2n) is 8.95. The normalized spacial score (nSPS) is 18.1. The molecule has 0 radical (unpaired) electrons. The molecule has 0 aliphatic heterocycles. The molecule has 1 heterocycles. The van der Waals surface area contributed by atoms with E-state index in [2.05, 4.69) is 4.98 Å². The molecule has 0 spiro atoms. The summed E-state index contributed by atoms with van der Waals surface area (Å²) in [6, 6.07) is 15.3. The Balaban J connectivity index is 1.56. The van der Waals surface area contributed by atoms with E-state index in [1.54, 1.807) is 12.1 Å². The van der Waals surface area contributed by atoms with E-state index in [0.29, 0.717) is 41.4 Å². The van der Waals surface area contributed by atoms with E-state index in [4.69, 9.17) is 26.5 Å². The van der Waals surface area contributed by atoms with Crippen molar-refractivity contribution >= 4 is 17.6 Å². The lowest BCUT2D eigenvalue weighted by atomic mass is 9.82. The predicted molar refractivity (Wildman–Crippen MR) is 131 cm³/mol. The molecular formula is C26H28ClN3O4. The Bertz CT molecular complexity index is 1200. The topological polar surface area (TPSA) is 94.3 Å². The lowest BCUT2D eigenvalue weighted by Gasteiger charge is -2.28. The van der Waals surface area contributed by atoms with Gasteiger partial charge in [0.25, 0.3) is 0 Å². The van der Waals surface area contributed by atoms with Crippen LogP contribution in [0.5, 0.6) is 0 Å². The quantitative estimate of drug-likeness (QED) is 0.494. The van der Waals surface area contributed by atoms with Gasteiger partial charge in [0.15, 0.2) is 0 Å². The molecule has 0 saturated heterocycles. The molecule has 4 rings (SSSR count). The monoisotopic (exact) mass is 481 g/mol. The number of carboxylic acid groups (broad SMARTS) is 1. The molecule has 2 aromatic carbocycles. The number of hydrogen-bond acceptors (Lipinski definition) is 5. The third-order valence-corrected chi connectivity index (χ3v) is 6.51. The van der Waals surface area contributed by atoms with Gasteiger partial charge in [0.2, 0.25) is 0 Å². The van der Waals surface area contributed by atoms with Gasteiger partial charge in [-0.15, -0.1) is 0 Å². The number of hydrogen-bond donors (Lipinski definition) is 1. The van der Waals surface area contributed by atoms with Crippen molar-refractivity contribution in [1.82, 2.24) is 14.8 Å². The fraction of sp³-hybridized carbons (Fsp3) is 0.385. The van der Waals surface area contributed by atoms with Crippen LogP contribution in [0.3, 0.4) is 0 Å². The summed E-state index contributed by atoms with van der Waals surface area (Å²) in [6.07, 6.45) is 3.76. The van der Waals surface area contributed by atoms with Crippen molar-refractivity contribution in [1.29, 1.82) is 0 Å². The molecule has 1 fully saturated rings. The van der Waals surface area contributed by atoms with Crippen molar-refractivity contribution in [2.24, 2.45) is 11.8 Å². The van der Waals surface area contributed by atoms with Crippen LogP contribution in [-0.4, -0.2) is 39.1 Å². The van der Waals surface area contributed by atoms with E-state index in [-0.39, 0.29) is 12.3 Å². The van der Waals surface area contributed by atoms with Gasteiger partial charge in [-0.05, 0) is 56.6 Å². The first-order valence-corrected chi connectivity index (χ1v) is 11.9. The molecule has 178 valence electrons. The molecule has 7 nitrogen and oxygen atoms in total. The third kappa shape index (κ3) is 6.10. The van der Waals surface area contributed by atoms with Crippen LogP contribution < -0.4 is 5.69 Å². The minimum atomic E-state index is -0.947. The van der Waals surface area contributed by atoms with Crippen LogP contribution in [0, 0.1) is 18.8 Å². The number of rotatable bonds is 8. The Morgan fingerprint density at radius 1 is 1.06 bits per heavy atom. The van der Waals surface area contributed by atoms with Crippen LogP contribution >= 0.6 is 11.6 Å². The van der Waals surface area contributed by atoms with Crippen LogP contribution in [0.1, 0.15) is 31.2 Å². The van der Waals surface area contributed by atoms with Gasteiger partial charge in [0.1, 0.15) is 18.0 Å². The molecule has 1 aliphatic rings. The van der Waals surface area contributed by atoms with E-state index >= 15 is 0 Å². The Hall–Kier alpha value is -3.03. The van der Waals surface area contributed by atoms with Gasteiger partial charge in [0, 0.05) is 22.7 Å². The van der Waals surface area contributed by atoms with Crippen molar-refractivity contribution in [3.63, 3.8) is 0 Å². The van der Waals surface area contributed by atoms with Crippen molar-refractivity contribution in [2.75, 3.05) is 13.2 Å². The highest BCUT2D eigenvalue weighted by atomic mass is 35.5. The van der Waals surface area contributed by atoms with Crippen LogP contribution in [0.25, 0.3) is 22.5 Å². The Kier molecular flexibility index (Phi) is 7.75. The summed E-state index contributed by atoms with van der Waals surface area (Å²) in [7, 11) is 0. The zero-order valence-corrected chi connectivity index (χ0v) is 19.9. The maximum absolute atomic E-state index is 13.0. The highest BCUT2D eigenvalue weighted by Gasteiger charge is 2.24. The zero-order chi connectivity index (χ0) is 24.1. The summed E-state index contributed by atoms with van der Waals surface area (Å²) in [5.74, 6) is -0.283. The lowest BCUT2D eigenvalue weighted by molar-refractivity contribution is -0.142. The predicted octanol–water partition coefficient (Wildman–Crippen LogP) is 4.84. The fourth-order valence-electron chi connectivity index (χ4n) is 4.42. The largest absolute Gasteiger partial charge is 0.480 e. The van der Waals surface area contributed by atoms with E-state index in [0.717, 1.165) is 42.4 Å².